The maximum Gasteiger partial charge on any atom is 0.469 e. The van der Waals surface area contributed by atoms with Gasteiger partial charge in [0, 0.05) is 25.2 Å². The van der Waals surface area contributed by atoms with Crippen LogP contribution >= 0.6 is 7.82 Å². The Hall–Kier alpha value is -1.62. The van der Waals surface area contributed by atoms with Crippen LogP contribution in [0.1, 0.15) is 175 Å². The summed E-state index contributed by atoms with van der Waals surface area (Å²) in [5.41, 5.74) is 0. The predicted octanol–water partition coefficient (Wildman–Crippen LogP) is 8.68. The third-order valence-electron chi connectivity index (χ3n) is 9.87. The number of carbonyl (C=O) groups excluding carboxylic acids is 3. The molecule has 0 unspecified atom stereocenters. The quantitative estimate of drug-likeness (QED) is 0.0218. The van der Waals surface area contributed by atoms with E-state index in [0.717, 1.165) is 63.7 Å². The van der Waals surface area contributed by atoms with Crippen LogP contribution < -0.4 is 0 Å². The number of phosphoric ester groups is 1. The van der Waals surface area contributed by atoms with E-state index in [0.29, 0.717) is 25.7 Å². The average molecular weight is 761 g/mol. The lowest BCUT2D eigenvalue weighted by atomic mass is 9.88. The molecule has 0 aromatic heterocycles. The number of unbranched alkanes of at least 4 members (excludes halogenated alkanes) is 15. The van der Waals surface area contributed by atoms with Gasteiger partial charge in [0.15, 0.2) is 6.10 Å². The van der Waals surface area contributed by atoms with Crippen molar-refractivity contribution in [2.24, 2.45) is 17.8 Å². The van der Waals surface area contributed by atoms with E-state index in [9.17, 15) is 29.2 Å². The number of Topliss-reactive ketones (excluding diaryl/α,β-unsaturated/α-hetero) is 1. The Bertz CT molecular complexity index is 1030. The van der Waals surface area contributed by atoms with E-state index >= 15 is 0 Å². The number of aliphatic hydroxyl groups is 2. The van der Waals surface area contributed by atoms with Gasteiger partial charge in [-0.2, -0.15) is 0 Å². The highest BCUT2D eigenvalue weighted by molar-refractivity contribution is 7.46. The Morgan fingerprint density at radius 3 is 1.90 bits per heavy atom. The van der Waals surface area contributed by atoms with Gasteiger partial charge in [0.05, 0.1) is 18.8 Å². The molecule has 1 aliphatic rings. The number of esters is 2. The van der Waals surface area contributed by atoms with Crippen molar-refractivity contribution in [3.8, 4) is 0 Å². The van der Waals surface area contributed by atoms with E-state index in [4.69, 9.17) is 19.3 Å². The molecule has 52 heavy (non-hydrogen) atoms. The molecule has 0 bridgehead atoms. The minimum Gasteiger partial charge on any atom is -0.462 e. The zero-order chi connectivity index (χ0) is 38.6. The van der Waals surface area contributed by atoms with Crippen LogP contribution in [0.3, 0.4) is 0 Å². The Morgan fingerprint density at radius 1 is 0.788 bits per heavy atom. The van der Waals surface area contributed by atoms with Crippen LogP contribution in [-0.4, -0.2) is 69.2 Å². The van der Waals surface area contributed by atoms with E-state index in [1.165, 1.54) is 51.4 Å². The number of hydrogen-bond acceptors (Lipinski definition) is 9. The van der Waals surface area contributed by atoms with Crippen molar-refractivity contribution in [3.05, 3.63) is 12.2 Å². The summed E-state index contributed by atoms with van der Waals surface area (Å²) in [6.45, 7) is 5.69. The average Bonchev–Trinajstić information content (AvgIpc) is 3.35. The van der Waals surface area contributed by atoms with Gasteiger partial charge in [0.25, 0.3) is 0 Å². The lowest BCUT2D eigenvalue weighted by Crippen LogP contribution is -2.29. The predicted molar refractivity (Wildman–Crippen MR) is 203 cm³/mol. The highest BCUT2D eigenvalue weighted by Crippen LogP contribution is 2.36. The first-order chi connectivity index (χ1) is 24.8. The maximum atomic E-state index is 12.5. The summed E-state index contributed by atoms with van der Waals surface area (Å²) in [6.07, 6.45) is 22.8. The third-order valence-corrected chi connectivity index (χ3v) is 10.4. The van der Waals surface area contributed by atoms with Gasteiger partial charge in [-0.3, -0.25) is 18.9 Å². The molecule has 1 rings (SSSR count). The first-order valence-corrected chi connectivity index (χ1v) is 22.0. The van der Waals surface area contributed by atoms with Crippen molar-refractivity contribution < 1.29 is 52.9 Å². The minimum atomic E-state index is -4.81. The number of rotatable bonds is 33. The van der Waals surface area contributed by atoms with Crippen molar-refractivity contribution in [2.75, 3.05) is 13.2 Å². The van der Waals surface area contributed by atoms with Crippen molar-refractivity contribution >= 4 is 25.5 Å². The van der Waals surface area contributed by atoms with Crippen molar-refractivity contribution in [1.29, 1.82) is 0 Å². The van der Waals surface area contributed by atoms with Crippen molar-refractivity contribution in [3.63, 3.8) is 0 Å². The summed E-state index contributed by atoms with van der Waals surface area (Å²) in [6, 6.07) is 0. The summed E-state index contributed by atoms with van der Waals surface area (Å²) in [7, 11) is -4.81. The van der Waals surface area contributed by atoms with Crippen LogP contribution in [0, 0.1) is 17.8 Å². The normalized spacial score (nSPS) is 19.1. The van der Waals surface area contributed by atoms with Gasteiger partial charge in [0.1, 0.15) is 12.4 Å². The number of carbonyl (C=O) groups is 3. The molecule has 1 aliphatic carbocycles. The Morgan fingerprint density at radius 2 is 1.33 bits per heavy atom. The van der Waals surface area contributed by atoms with Crippen LogP contribution in [0.25, 0.3) is 0 Å². The van der Waals surface area contributed by atoms with E-state index in [2.05, 4.69) is 25.3 Å². The molecule has 304 valence electrons. The third kappa shape index (κ3) is 26.2. The number of aliphatic hydroxyl groups excluding tert-OH is 2. The molecule has 12 heteroatoms. The monoisotopic (exact) mass is 760 g/mol. The fourth-order valence-electron chi connectivity index (χ4n) is 6.76. The fraction of sp³-hybridized carbons (Fsp3) is 0.875. The van der Waals surface area contributed by atoms with E-state index in [1.807, 2.05) is 0 Å². The lowest BCUT2D eigenvalue weighted by molar-refractivity contribution is -0.161. The highest BCUT2D eigenvalue weighted by Gasteiger charge is 2.39. The molecule has 5 atom stereocenters. The van der Waals surface area contributed by atoms with Gasteiger partial charge in [-0.15, -0.1) is 0 Å². The Labute approximate surface area is 314 Å². The van der Waals surface area contributed by atoms with Gasteiger partial charge in [-0.25, -0.2) is 4.57 Å². The molecule has 0 amide bonds. The first-order valence-electron chi connectivity index (χ1n) is 20.4. The number of phosphoric acid groups is 1. The molecule has 0 aromatic rings. The lowest BCUT2D eigenvalue weighted by Gasteiger charge is -2.19. The van der Waals surface area contributed by atoms with E-state index in [-0.39, 0.29) is 43.5 Å². The van der Waals surface area contributed by atoms with E-state index in [1.54, 1.807) is 12.2 Å². The zero-order valence-electron chi connectivity index (χ0n) is 32.6. The van der Waals surface area contributed by atoms with Crippen LogP contribution in [0.5, 0.6) is 0 Å². The molecule has 11 nitrogen and oxygen atoms in total. The zero-order valence-corrected chi connectivity index (χ0v) is 33.5. The van der Waals surface area contributed by atoms with Crippen molar-refractivity contribution in [1.82, 2.24) is 0 Å². The number of hydrogen-bond donors (Lipinski definition) is 4. The second-order valence-electron chi connectivity index (χ2n) is 15.2. The molecule has 0 radical (unpaired) electrons. The summed E-state index contributed by atoms with van der Waals surface area (Å²) < 4.78 is 26.4. The topological polar surface area (TPSA) is 177 Å². The van der Waals surface area contributed by atoms with Gasteiger partial charge >= 0.3 is 19.8 Å². The standard InChI is InChI=1S/C40H73O11P/c1-4-5-17-23-33(41)27-28-36-35(37(42)29-38(36)43)24-19-15-16-20-25-39(44)49-30-34(31-50-52(46,47)48)51-40(45)26-21-14-12-10-8-6-7-9-11-13-18-22-32(2)3/h27-28,32-37,41-42H,4-26,29-31H2,1-3H3,(H2,46,47,48)/b28-27+/t33-,34+,35+,36+,37-/m0/s1. The number of ketones is 1. The molecule has 1 fully saturated rings. The van der Waals surface area contributed by atoms with E-state index < -0.39 is 44.7 Å². The fourth-order valence-corrected chi connectivity index (χ4v) is 7.12. The summed E-state index contributed by atoms with van der Waals surface area (Å²) in [4.78, 5) is 55.5. The molecular formula is C40H73O11P. The van der Waals surface area contributed by atoms with Crippen LogP contribution in [0.4, 0.5) is 0 Å². The highest BCUT2D eigenvalue weighted by atomic mass is 31.2. The maximum absolute atomic E-state index is 12.5. The largest absolute Gasteiger partial charge is 0.469 e. The van der Waals surface area contributed by atoms with Crippen LogP contribution in [0.15, 0.2) is 12.2 Å². The summed E-state index contributed by atoms with van der Waals surface area (Å²) in [5, 5.41) is 20.7. The molecule has 0 heterocycles. The van der Waals surface area contributed by atoms with Gasteiger partial charge in [-0.1, -0.05) is 142 Å². The smallest absolute Gasteiger partial charge is 0.462 e. The first kappa shape index (κ1) is 48.4. The van der Waals surface area contributed by atoms with Crippen LogP contribution in [0.2, 0.25) is 0 Å². The molecule has 0 aromatic carbocycles. The Balaban J connectivity index is 2.27. The second-order valence-corrected chi connectivity index (χ2v) is 16.5. The summed E-state index contributed by atoms with van der Waals surface area (Å²) in [5.74, 6) is -0.812. The van der Waals surface area contributed by atoms with Gasteiger partial charge < -0.3 is 29.5 Å². The number of ether oxygens (including phenoxy) is 2. The van der Waals surface area contributed by atoms with Crippen LogP contribution in [-0.2, 0) is 32.9 Å². The van der Waals surface area contributed by atoms with Gasteiger partial charge in [0.2, 0.25) is 0 Å². The summed E-state index contributed by atoms with van der Waals surface area (Å²) >= 11 is 0. The minimum absolute atomic E-state index is 0.00170. The number of allylic oxidation sites excluding steroid dienone is 1. The molecule has 0 spiro atoms. The molecule has 0 aliphatic heterocycles. The van der Waals surface area contributed by atoms with Gasteiger partial charge in [-0.05, 0) is 37.5 Å². The SMILES string of the molecule is CCCCC[C@H](O)/C=C/[C@H]1C(=O)C[C@H](O)[C@@H]1CCCCCCC(=O)OC[C@H](COP(=O)(O)O)OC(=O)CCCCCCCCCCCCCC(C)C. The second kappa shape index (κ2) is 29.7. The molecule has 0 saturated heterocycles. The molecular weight excluding hydrogens is 687 g/mol. The van der Waals surface area contributed by atoms with Crippen molar-refractivity contribution in [2.45, 2.75) is 193 Å². The Kier molecular flexibility index (Phi) is 27.6. The molecule has 4 N–H and O–H groups in total. The molecule has 1 saturated carbocycles.